The maximum atomic E-state index is 12.3. The first-order valence-corrected chi connectivity index (χ1v) is 9.95. The number of carbonyl (C=O) groups is 1. The minimum absolute atomic E-state index is 0.173. The highest BCUT2D eigenvalue weighted by atomic mass is 32.2. The fraction of sp³-hybridized carbons (Fsp3) is 0.316. The van der Waals surface area contributed by atoms with Gasteiger partial charge in [-0.05, 0) is 25.0 Å². The fourth-order valence-corrected chi connectivity index (χ4v) is 3.20. The topological polar surface area (TPSA) is 66.5 Å². The lowest BCUT2D eigenvalue weighted by atomic mass is 10.1. The van der Waals surface area contributed by atoms with E-state index in [1.165, 1.54) is 4.31 Å². The smallest absolute Gasteiger partial charge is 0.235 e. The molecule has 0 spiro atoms. The number of hydrogen-bond acceptors (Lipinski definition) is 3. The third-order valence-electron chi connectivity index (χ3n) is 3.95. The van der Waals surface area contributed by atoms with Crippen molar-refractivity contribution in [1.82, 2.24) is 9.62 Å². The molecule has 1 amide bonds. The average Bonchev–Trinajstić information content (AvgIpc) is 2.56. The summed E-state index contributed by atoms with van der Waals surface area (Å²) < 4.78 is 25.3. The van der Waals surface area contributed by atoms with Gasteiger partial charge < -0.3 is 5.32 Å². The highest BCUT2D eigenvalue weighted by Gasteiger charge is 2.21. The van der Waals surface area contributed by atoms with E-state index in [1.807, 2.05) is 68.4 Å². The summed E-state index contributed by atoms with van der Waals surface area (Å²) in [5, 5.41) is 2.85. The van der Waals surface area contributed by atoms with Gasteiger partial charge in [0.2, 0.25) is 15.9 Å². The van der Waals surface area contributed by atoms with Gasteiger partial charge in [-0.2, -0.15) is 4.31 Å². The molecule has 0 saturated carbocycles. The Kier molecular flexibility index (Phi) is 6.33. The van der Waals surface area contributed by atoms with E-state index in [2.05, 4.69) is 5.32 Å². The Morgan fingerprint density at radius 3 is 2.24 bits per heavy atom. The molecule has 1 unspecified atom stereocenters. The van der Waals surface area contributed by atoms with Gasteiger partial charge in [-0.15, -0.1) is 0 Å². The van der Waals surface area contributed by atoms with Crippen molar-refractivity contribution in [3.05, 3.63) is 71.3 Å². The minimum Gasteiger partial charge on any atom is -0.348 e. The zero-order chi connectivity index (χ0) is 18.4. The average molecular weight is 360 g/mol. The van der Waals surface area contributed by atoms with Crippen molar-refractivity contribution >= 4 is 15.9 Å². The molecular weight excluding hydrogens is 336 g/mol. The number of rotatable bonds is 7. The predicted molar refractivity (Wildman–Crippen MR) is 99.4 cm³/mol. The highest BCUT2D eigenvalue weighted by molar-refractivity contribution is 7.88. The number of amides is 1. The fourth-order valence-electron chi connectivity index (χ4n) is 2.46. The zero-order valence-electron chi connectivity index (χ0n) is 14.8. The predicted octanol–water partition coefficient (Wildman–Crippen LogP) is 2.63. The molecule has 2 rings (SSSR count). The summed E-state index contributed by atoms with van der Waals surface area (Å²) in [6, 6.07) is 17.0. The summed E-state index contributed by atoms with van der Waals surface area (Å²) in [5.74, 6) is -0.325. The Labute approximate surface area is 149 Å². The van der Waals surface area contributed by atoms with Crippen molar-refractivity contribution in [1.29, 1.82) is 0 Å². The molecule has 5 nitrogen and oxygen atoms in total. The molecule has 6 heteroatoms. The van der Waals surface area contributed by atoms with Crippen LogP contribution in [-0.2, 0) is 21.4 Å². The molecule has 134 valence electrons. The number of carbonyl (C=O) groups excluding carboxylic acids is 1. The monoisotopic (exact) mass is 360 g/mol. The van der Waals surface area contributed by atoms with Gasteiger partial charge in [-0.3, -0.25) is 4.79 Å². The highest BCUT2D eigenvalue weighted by Crippen LogP contribution is 2.13. The van der Waals surface area contributed by atoms with Crippen LogP contribution in [0, 0.1) is 6.92 Å². The van der Waals surface area contributed by atoms with Gasteiger partial charge in [0.15, 0.2) is 0 Å². The molecule has 0 aromatic heterocycles. The molecule has 25 heavy (non-hydrogen) atoms. The van der Waals surface area contributed by atoms with Crippen LogP contribution in [0.1, 0.15) is 29.7 Å². The summed E-state index contributed by atoms with van der Waals surface area (Å²) >= 11 is 0. The maximum Gasteiger partial charge on any atom is 0.235 e. The number of aryl methyl sites for hydroxylation is 1. The first-order valence-electron chi connectivity index (χ1n) is 8.10. The zero-order valence-corrected chi connectivity index (χ0v) is 15.6. The molecule has 1 atom stereocenters. The van der Waals surface area contributed by atoms with Crippen LogP contribution in [0.2, 0.25) is 0 Å². The number of nitrogens with one attached hydrogen (secondary N) is 1. The molecule has 0 saturated heterocycles. The van der Waals surface area contributed by atoms with Crippen LogP contribution in [0.3, 0.4) is 0 Å². The first kappa shape index (κ1) is 19.1. The van der Waals surface area contributed by atoms with E-state index < -0.39 is 10.0 Å². The van der Waals surface area contributed by atoms with Gasteiger partial charge in [-0.25, -0.2) is 8.42 Å². The van der Waals surface area contributed by atoms with Gasteiger partial charge >= 0.3 is 0 Å². The number of benzene rings is 2. The Bertz CT molecular complexity index is 802. The van der Waals surface area contributed by atoms with Gasteiger partial charge in [0.1, 0.15) is 0 Å². The van der Waals surface area contributed by atoms with E-state index in [0.717, 1.165) is 22.9 Å². The Morgan fingerprint density at radius 2 is 1.68 bits per heavy atom. The molecule has 2 aromatic carbocycles. The van der Waals surface area contributed by atoms with Crippen LogP contribution in [0.4, 0.5) is 0 Å². The third kappa shape index (κ3) is 5.99. The Hall–Kier alpha value is -2.18. The summed E-state index contributed by atoms with van der Waals surface area (Å²) in [5.41, 5.74) is 2.92. The van der Waals surface area contributed by atoms with Crippen LogP contribution in [0.5, 0.6) is 0 Å². The molecule has 0 heterocycles. The van der Waals surface area contributed by atoms with Crippen molar-refractivity contribution in [2.75, 3.05) is 12.8 Å². The molecule has 0 radical (unpaired) electrons. The van der Waals surface area contributed by atoms with Gasteiger partial charge in [0.05, 0.1) is 18.8 Å². The van der Waals surface area contributed by atoms with Crippen LogP contribution in [0.25, 0.3) is 0 Å². The van der Waals surface area contributed by atoms with E-state index in [0.29, 0.717) is 0 Å². The van der Waals surface area contributed by atoms with Crippen LogP contribution < -0.4 is 5.32 Å². The minimum atomic E-state index is -3.50. The molecule has 1 N–H and O–H groups in total. The van der Waals surface area contributed by atoms with E-state index in [4.69, 9.17) is 0 Å². The second-order valence-corrected chi connectivity index (χ2v) is 8.20. The Balaban J connectivity index is 2.04. The van der Waals surface area contributed by atoms with Crippen molar-refractivity contribution in [2.24, 2.45) is 0 Å². The van der Waals surface area contributed by atoms with Crippen molar-refractivity contribution < 1.29 is 13.2 Å². The van der Waals surface area contributed by atoms with Crippen LogP contribution >= 0.6 is 0 Å². The molecule has 0 aliphatic carbocycles. The number of sulfonamides is 1. The van der Waals surface area contributed by atoms with E-state index in [-0.39, 0.29) is 25.0 Å². The summed E-state index contributed by atoms with van der Waals surface area (Å²) in [6.45, 7) is 3.81. The van der Waals surface area contributed by atoms with Gasteiger partial charge in [0.25, 0.3) is 0 Å². The largest absolute Gasteiger partial charge is 0.348 e. The standard InChI is InChI=1S/C19H24N2O3S/c1-15-9-11-17(12-10-15)13-21(25(3,23)24)14-19(22)20-16(2)18-7-5-4-6-8-18/h4-12,16H,13-14H2,1-3H3,(H,20,22). The lowest BCUT2D eigenvalue weighted by Gasteiger charge is -2.21. The lowest BCUT2D eigenvalue weighted by molar-refractivity contribution is -0.122. The number of hydrogen-bond donors (Lipinski definition) is 1. The van der Waals surface area contributed by atoms with E-state index >= 15 is 0 Å². The van der Waals surface area contributed by atoms with Gasteiger partial charge in [0, 0.05) is 6.54 Å². The second-order valence-electron chi connectivity index (χ2n) is 6.22. The molecule has 2 aromatic rings. The van der Waals surface area contributed by atoms with Crippen molar-refractivity contribution in [3.63, 3.8) is 0 Å². The summed E-state index contributed by atoms with van der Waals surface area (Å²) in [4.78, 5) is 12.3. The number of nitrogens with zero attached hydrogens (tertiary/aromatic N) is 1. The molecular formula is C19H24N2O3S. The van der Waals surface area contributed by atoms with E-state index in [1.54, 1.807) is 0 Å². The normalized spacial score (nSPS) is 12.8. The third-order valence-corrected chi connectivity index (χ3v) is 5.14. The maximum absolute atomic E-state index is 12.3. The summed E-state index contributed by atoms with van der Waals surface area (Å²) in [6.07, 6.45) is 1.12. The van der Waals surface area contributed by atoms with Crippen molar-refractivity contribution in [3.8, 4) is 0 Å². The van der Waals surface area contributed by atoms with Crippen molar-refractivity contribution in [2.45, 2.75) is 26.4 Å². The molecule has 0 aliphatic rings. The molecule has 0 aliphatic heterocycles. The van der Waals surface area contributed by atoms with Crippen LogP contribution in [0.15, 0.2) is 54.6 Å². The van der Waals surface area contributed by atoms with Gasteiger partial charge in [-0.1, -0.05) is 60.2 Å². The molecule has 0 fully saturated rings. The van der Waals surface area contributed by atoms with Crippen LogP contribution in [-0.4, -0.2) is 31.4 Å². The van der Waals surface area contributed by atoms with E-state index in [9.17, 15) is 13.2 Å². The lowest BCUT2D eigenvalue weighted by Crippen LogP contribution is -2.40. The summed E-state index contributed by atoms with van der Waals surface area (Å²) in [7, 11) is -3.50. The Morgan fingerprint density at radius 1 is 1.08 bits per heavy atom. The quantitative estimate of drug-likeness (QED) is 0.825. The molecule has 0 bridgehead atoms. The SMILES string of the molecule is Cc1ccc(CN(CC(=O)NC(C)c2ccccc2)S(C)(=O)=O)cc1. The first-order chi connectivity index (χ1) is 11.8. The second kappa shape index (κ2) is 8.27.